The third-order valence-corrected chi connectivity index (χ3v) is 1.63. The molecule has 1 aromatic heterocycles. The molecule has 2 atom stereocenters. The van der Waals surface area contributed by atoms with Gasteiger partial charge < -0.3 is 14.9 Å². The van der Waals surface area contributed by atoms with Crippen molar-refractivity contribution in [2.75, 3.05) is 0 Å². The fourth-order valence-electron chi connectivity index (χ4n) is 1.10. The number of nitrogens with zero attached hydrogens (tertiary/aromatic N) is 1. The Kier molecular flexibility index (Phi) is 1.38. The molecule has 0 fully saturated rings. The molecule has 0 aromatic carbocycles. The molecule has 2 heterocycles. The Morgan fingerprint density at radius 2 is 2.18 bits per heavy atom. The van der Waals surface area contributed by atoms with Crippen LogP contribution in [0.3, 0.4) is 0 Å². The molecule has 0 bridgehead atoms. The van der Waals surface area contributed by atoms with Crippen molar-refractivity contribution in [3.8, 4) is 0 Å². The molecular weight excluding hydrogens is 146 g/mol. The summed E-state index contributed by atoms with van der Waals surface area (Å²) in [4.78, 5) is 3.86. The second kappa shape index (κ2) is 2.27. The number of hydrogen-bond donors (Lipinski definition) is 2. The molecule has 0 aliphatic carbocycles. The van der Waals surface area contributed by atoms with Crippen LogP contribution < -0.4 is 0 Å². The van der Waals surface area contributed by atoms with Crippen LogP contribution >= 0.6 is 0 Å². The molecule has 0 saturated heterocycles. The van der Waals surface area contributed by atoms with Crippen LogP contribution in [0, 0.1) is 0 Å². The monoisotopic (exact) mass is 153 g/mol. The Balaban J connectivity index is 2.52. The molecule has 0 amide bonds. The number of hydrogen-bond acceptors (Lipinski definition) is 4. The summed E-state index contributed by atoms with van der Waals surface area (Å²) in [6.07, 6.45) is -0.571. The van der Waals surface area contributed by atoms with Gasteiger partial charge in [0.05, 0.1) is 0 Å². The van der Waals surface area contributed by atoms with Crippen LogP contribution in [0.1, 0.15) is 23.8 Å². The minimum Gasteiger partial charge on any atom is -0.364 e. The predicted octanol–water partition coefficient (Wildman–Crippen LogP) is 0.0936. The third kappa shape index (κ3) is 0.920. The summed E-state index contributed by atoms with van der Waals surface area (Å²) < 4.78 is 4.68. The highest BCUT2D eigenvalue weighted by Gasteiger charge is 2.29. The minimum atomic E-state index is -1.08. The Morgan fingerprint density at radius 1 is 1.36 bits per heavy atom. The minimum absolute atomic E-state index is 0.403. The van der Waals surface area contributed by atoms with Crippen LogP contribution in [0.4, 0.5) is 0 Å². The molecule has 58 valence electrons. The van der Waals surface area contributed by atoms with Crippen molar-refractivity contribution in [2.45, 2.75) is 12.6 Å². The summed E-state index contributed by atoms with van der Waals surface area (Å²) in [5.74, 6) is 0. The first-order valence-corrected chi connectivity index (χ1v) is 3.25. The summed E-state index contributed by atoms with van der Waals surface area (Å²) in [5, 5.41) is 18.2. The van der Waals surface area contributed by atoms with Crippen molar-refractivity contribution in [3.05, 3.63) is 29.6 Å². The number of ether oxygens (including phenoxy) is 1. The SMILES string of the molecule is OC1OC(O)c2ncccc21. The zero-order chi connectivity index (χ0) is 7.84. The number of pyridine rings is 1. The zero-order valence-corrected chi connectivity index (χ0v) is 5.64. The molecule has 1 aromatic rings. The zero-order valence-electron chi connectivity index (χ0n) is 5.64. The highest BCUT2D eigenvalue weighted by atomic mass is 16.7. The van der Waals surface area contributed by atoms with E-state index >= 15 is 0 Å². The molecule has 4 heteroatoms. The quantitative estimate of drug-likeness (QED) is 0.554. The molecule has 1 aliphatic rings. The van der Waals surface area contributed by atoms with E-state index in [0.717, 1.165) is 0 Å². The van der Waals surface area contributed by atoms with Gasteiger partial charge in [0.15, 0.2) is 6.29 Å². The number of fused-ring (bicyclic) bond motifs is 1. The Hall–Kier alpha value is -0.970. The summed E-state index contributed by atoms with van der Waals surface area (Å²) in [7, 11) is 0. The molecule has 0 radical (unpaired) electrons. The lowest BCUT2D eigenvalue weighted by Gasteiger charge is -2.00. The normalized spacial score (nSPS) is 28.5. The van der Waals surface area contributed by atoms with E-state index in [0.29, 0.717) is 11.3 Å². The van der Waals surface area contributed by atoms with E-state index in [4.69, 9.17) is 10.2 Å². The number of aromatic nitrogens is 1. The van der Waals surface area contributed by atoms with Crippen LogP contribution in [0.25, 0.3) is 0 Å². The fraction of sp³-hybridized carbons (Fsp3) is 0.286. The van der Waals surface area contributed by atoms with Gasteiger partial charge in [-0.25, -0.2) is 0 Å². The van der Waals surface area contributed by atoms with Gasteiger partial charge >= 0.3 is 0 Å². The Labute approximate surface area is 63.1 Å². The Bertz CT molecular complexity index is 249. The molecule has 11 heavy (non-hydrogen) atoms. The van der Waals surface area contributed by atoms with Crippen LogP contribution in [0.5, 0.6) is 0 Å². The van der Waals surface area contributed by atoms with Crippen LogP contribution in [-0.4, -0.2) is 15.2 Å². The molecule has 1 aliphatic heterocycles. The van der Waals surface area contributed by atoms with Crippen LogP contribution in [0.15, 0.2) is 18.3 Å². The first-order valence-electron chi connectivity index (χ1n) is 3.25. The predicted molar refractivity (Wildman–Crippen MR) is 35.2 cm³/mol. The molecule has 0 spiro atoms. The third-order valence-electron chi connectivity index (χ3n) is 1.63. The molecule has 0 saturated carbocycles. The number of aliphatic hydroxyl groups is 2. The molecule has 2 rings (SSSR count). The van der Waals surface area contributed by atoms with Gasteiger partial charge in [-0.2, -0.15) is 0 Å². The largest absolute Gasteiger partial charge is 0.364 e. The van der Waals surface area contributed by atoms with Gasteiger partial charge in [-0.05, 0) is 6.07 Å². The maximum Gasteiger partial charge on any atom is 0.202 e. The van der Waals surface area contributed by atoms with Crippen molar-refractivity contribution in [1.29, 1.82) is 0 Å². The van der Waals surface area contributed by atoms with Crippen molar-refractivity contribution in [3.63, 3.8) is 0 Å². The Morgan fingerprint density at radius 3 is 2.91 bits per heavy atom. The van der Waals surface area contributed by atoms with Crippen LogP contribution in [-0.2, 0) is 4.74 Å². The second-order valence-corrected chi connectivity index (χ2v) is 2.32. The van der Waals surface area contributed by atoms with E-state index in [2.05, 4.69) is 9.72 Å². The topological polar surface area (TPSA) is 62.6 Å². The second-order valence-electron chi connectivity index (χ2n) is 2.32. The van der Waals surface area contributed by atoms with Gasteiger partial charge in [0, 0.05) is 11.8 Å². The first kappa shape index (κ1) is 6.72. The van der Waals surface area contributed by atoms with Gasteiger partial charge in [0.1, 0.15) is 5.69 Å². The highest BCUT2D eigenvalue weighted by molar-refractivity contribution is 5.24. The molecule has 2 N–H and O–H groups in total. The van der Waals surface area contributed by atoms with Crippen molar-refractivity contribution < 1.29 is 14.9 Å². The van der Waals surface area contributed by atoms with E-state index in [1.54, 1.807) is 18.3 Å². The standard InChI is InChI=1S/C7H7NO3/c9-6-4-2-1-3-8-5(4)7(10)11-6/h1-3,6-7,9-10H. The van der Waals surface area contributed by atoms with Crippen molar-refractivity contribution >= 4 is 0 Å². The van der Waals surface area contributed by atoms with Gasteiger partial charge in [-0.1, -0.05) is 6.07 Å². The van der Waals surface area contributed by atoms with Gasteiger partial charge in [0.25, 0.3) is 0 Å². The molecule has 2 unspecified atom stereocenters. The summed E-state index contributed by atoms with van der Waals surface area (Å²) in [6, 6.07) is 3.35. The number of rotatable bonds is 0. The maximum absolute atomic E-state index is 9.13. The van der Waals surface area contributed by atoms with Gasteiger partial charge in [-0.15, -0.1) is 0 Å². The lowest BCUT2D eigenvalue weighted by atomic mass is 10.2. The maximum atomic E-state index is 9.13. The van der Waals surface area contributed by atoms with Gasteiger partial charge in [0.2, 0.25) is 6.29 Å². The summed E-state index contributed by atoms with van der Waals surface area (Å²) >= 11 is 0. The molecule has 4 nitrogen and oxygen atoms in total. The average Bonchev–Trinajstić information content (AvgIpc) is 2.30. The van der Waals surface area contributed by atoms with Crippen LogP contribution in [0.2, 0.25) is 0 Å². The fourth-order valence-corrected chi connectivity index (χ4v) is 1.10. The van der Waals surface area contributed by atoms with Gasteiger partial charge in [-0.3, -0.25) is 4.98 Å². The first-order chi connectivity index (χ1) is 5.29. The summed E-state index contributed by atoms with van der Waals surface area (Å²) in [6.45, 7) is 0. The summed E-state index contributed by atoms with van der Waals surface area (Å²) in [5.41, 5.74) is 0.944. The van der Waals surface area contributed by atoms with Crippen molar-refractivity contribution in [2.24, 2.45) is 0 Å². The van der Waals surface area contributed by atoms with E-state index in [9.17, 15) is 0 Å². The van der Waals surface area contributed by atoms with E-state index < -0.39 is 12.6 Å². The number of aliphatic hydroxyl groups excluding tert-OH is 2. The van der Waals surface area contributed by atoms with E-state index in [1.807, 2.05) is 0 Å². The van der Waals surface area contributed by atoms with E-state index in [-0.39, 0.29) is 0 Å². The van der Waals surface area contributed by atoms with Crippen molar-refractivity contribution in [1.82, 2.24) is 4.98 Å². The van der Waals surface area contributed by atoms with E-state index in [1.165, 1.54) is 0 Å². The smallest absolute Gasteiger partial charge is 0.202 e. The highest BCUT2D eigenvalue weighted by Crippen LogP contribution is 2.33. The molecular formula is C7H7NO3. The average molecular weight is 153 g/mol. The lowest BCUT2D eigenvalue weighted by molar-refractivity contribution is -0.194. The lowest BCUT2D eigenvalue weighted by Crippen LogP contribution is -1.95.